The molecule has 1 aliphatic rings. The van der Waals surface area contributed by atoms with Crippen LogP contribution in [-0.4, -0.2) is 27.5 Å². The summed E-state index contributed by atoms with van der Waals surface area (Å²) in [7, 11) is 0. The fraction of sp³-hybridized carbons (Fsp3) is 0.286. The van der Waals surface area contributed by atoms with Crippen LogP contribution >= 0.6 is 22.9 Å². The van der Waals surface area contributed by atoms with Gasteiger partial charge in [-0.15, -0.1) is 11.3 Å². The average Bonchev–Trinajstić information content (AvgIpc) is 2.88. The van der Waals surface area contributed by atoms with Crippen LogP contribution in [0.2, 0.25) is 5.02 Å². The number of benzene rings is 1. The van der Waals surface area contributed by atoms with Crippen molar-refractivity contribution >= 4 is 28.9 Å². The molecule has 1 aliphatic heterocycles. The van der Waals surface area contributed by atoms with E-state index in [1.54, 1.807) is 5.38 Å². The molecule has 2 aromatic rings. The molecular formula is C14H13ClN2O2S. The predicted molar refractivity (Wildman–Crippen MR) is 78.3 cm³/mol. The molecule has 1 N–H and O–H groups in total. The van der Waals surface area contributed by atoms with Crippen LogP contribution in [0.3, 0.4) is 0 Å². The van der Waals surface area contributed by atoms with Crippen LogP contribution in [0.25, 0.3) is 0 Å². The van der Waals surface area contributed by atoms with Crippen molar-refractivity contribution in [2.45, 2.75) is 19.5 Å². The van der Waals surface area contributed by atoms with Gasteiger partial charge in [-0.3, -0.25) is 4.90 Å². The summed E-state index contributed by atoms with van der Waals surface area (Å²) in [4.78, 5) is 17.2. The Bertz CT molecular complexity index is 656. The molecule has 0 unspecified atom stereocenters. The van der Waals surface area contributed by atoms with Gasteiger partial charge in [-0.25, -0.2) is 9.78 Å². The van der Waals surface area contributed by atoms with Crippen LogP contribution < -0.4 is 0 Å². The minimum absolute atomic E-state index is 0.130. The highest BCUT2D eigenvalue weighted by atomic mass is 35.5. The van der Waals surface area contributed by atoms with Crippen molar-refractivity contribution < 1.29 is 9.90 Å². The Morgan fingerprint density at radius 1 is 1.50 bits per heavy atom. The van der Waals surface area contributed by atoms with Crippen molar-refractivity contribution in [3.05, 3.63) is 50.4 Å². The Morgan fingerprint density at radius 2 is 2.35 bits per heavy atom. The number of aromatic nitrogens is 1. The maximum Gasteiger partial charge on any atom is 0.355 e. The second-order valence-electron chi connectivity index (χ2n) is 4.77. The van der Waals surface area contributed by atoms with E-state index in [2.05, 4.69) is 16.0 Å². The van der Waals surface area contributed by atoms with E-state index in [1.807, 2.05) is 12.1 Å². The highest BCUT2D eigenvalue weighted by molar-refractivity contribution is 7.09. The summed E-state index contributed by atoms with van der Waals surface area (Å²) in [5.74, 6) is -0.969. The lowest BCUT2D eigenvalue weighted by Gasteiger charge is -2.28. The fourth-order valence-electron chi connectivity index (χ4n) is 2.43. The van der Waals surface area contributed by atoms with Crippen LogP contribution in [0.1, 0.15) is 26.6 Å². The van der Waals surface area contributed by atoms with Crippen molar-refractivity contribution in [3.8, 4) is 0 Å². The van der Waals surface area contributed by atoms with Crippen LogP contribution in [0.15, 0.2) is 23.6 Å². The highest BCUT2D eigenvalue weighted by Crippen LogP contribution is 2.27. The molecule has 0 radical (unpaired) electrons. The molecule has 0 saturated heterocycles. The minimum Gasteiger partial charge on any atom is -0.476 e. The number of aromatic carboxylic acids is 1. The van der Waals surface area contributed by atoms with Crippen molar-refractivity contribution in [2.75, 3.05) is 6.54 Å². The monoisotopic (exact) mass is 308 g/mol. The first-order chi connectivity index (χ1) is 9.63. The van der Waals surface area contributed by atoms with Crippen LogP contribution in [0.5, 0.6) is 0 Å². The number of carbonyl (C=O) groups is 1. The van der Waals surface area contributed by atoms with Crippen molar-refractivity contribution in [2.24, 2.45) is 0 Å². The summed E-state index contributed by atoms with van der Waals surface area (Å²) >= 11 is 7.59. The number of hydrogen-bond donors (Lipinski definition) is 1. The molecule has 0 atom stereocenters. The van der Waals surface area contributed by atoms with Gasteiger partial charge in [0, 0.05) is 23.5 Å². The number of carboxylic acids is 1. The van der Waals surface area contributed by atoms with Crippen LogP contribution in [0, 0.1) is 0 Å². The van der Waals surface area contributed by atoms with Crippen molar-refractivity contribution in [3.63, 3.8) is 0 Å². The third-order valence-corrected chi connectivity index (χ3v) is 4.61. The molecule has 6 heteroatoms. The Kier molecular flexibility index (Phi) is 3.74. The maximum absolute atomic E-state index is 10.8. The summed E-state index contributed by atoms with van der Waals surface area (Å²) in [6.07, 6.45) is 0.923. The Morgan fingerprint density at radius 3 is 3.10 bits per heavy atom. The van der Waals surface area contributed by atoms with E-state index in [1.165, 1.54) is 22.5 Å². The Labute approximate surface area is 125 Å². The van der Waals surface area contributed by atoms with Crippen molar-refractivity contribution in [1.29, 1.82) is 0 Å². The largest absolute Gasteiger partial charge is 0.476 e. The number of thiazole rings is 1. The molecule has 0 spiro atoms. The normalized spacial score (nSPS) is 15.1. The molecule has 0 saturated carbocycles. The van der Waals surface area contributed by atoms with E-state index in [-0.39, 0.29) is 5.69 Å². The summed E-state index contributed by atoms with van der Waals surface area (Å²) in [5.41, 5.74) is 2.61. The first-order valence-electron chi connectivity index (χ1n) is 6.30. The summed E-state index contributed by atoms with van der Waals surface area (Å²) in [5, 5.41) is 12.1. The Balaban J connectivity index is 1.72. The second-order valence-corrected chi connectivity index (χ2v) is 6.12. The summed E-state index contributed by atoms with van der Waals surface area (Å²) in [6, 6.07) is 5.99. The third kappa shape index (κ3) is 2.70. The summed E-state index contributed by atoms with van der Waals surface area (Å²) < 4.78 is 0. The first kappa shape index (κ1) is 13.5. The predicted octanol–water partition coefficient (Wildman–Crippen LogP) is 3.05. The van der Waals surface area contributed by atoms with E-state index in [0.717, 1.165) is 29.5 Å². The molecule has 4 nitrogen and oxygen atoms in total. The smallest absolute Gasteiger partial charge is 0.355 e. The number of halogens is 1. The van der Waals surface area contributed by atoms with E-state index < -0.39 is 5.97 Å². The maximum atomic E-state index is 10.8. The molecule has 0 bridgehead atoms. The van der Waals surface area contributed by atoms with E-state index >= 15 is 0 Å². The molecule has 0 amide bonds. The van der Waals surface area contributed by atoms with Gasteiger partial charge in [0.15, 0.2) is 5.69 Å². The zero-order chi connectivity index (χ0) is 14.1. The van der Waals surface area contributed by atoms with Gasteiger partial charge in [0.1, 0.15) is 5.01 Å². The van der Waals surface area contributed by atoms with E-state index in [9.17, 15) is 4.79 Å². The minimum atomic E-state index is -0.969. The standard InChI is InChI=1S/C14H13ClN2O2S/c15-11-3-1-2-9-6-17(5-4-10(9)11)7-13-16-12(8-20-13)14(18)19/h1-3,8H,4-7H2,(H,18,19). The number of fused-ring (bicyclic) bond motifs is 1. The average molecular weight is 309 g/mol. The van der Waals surface area contributed by atoms with Gasteiger partial charge in [0.2, 0.25) is 0 Å². The molecular weight excluding hydrogens is 296 g/mol. The van der Waals surface area contributed by atoms with E-state index in [4.69, 9.17) is 16.7 Å². The molecule has 104 valence electrons. The van der Waals surface area contributed by atoms with Crippen LogP contribution in [0.4, 0.5) is 0 Å². The van der Waals surface area contributed by atoms with E-state index in [0.29, 0.717) is 6.54 Å². The SMILES string of the molecule is O=C(O)c1csc(CN2CCc3c(Cl)cccc3C2)n1. The topological polar surface area (TPSA) is 53.4 Å². The summed E-state index contributed by atoms with van der Waals surface area (Å²) in [6.45, 7) is 2.43. The van der Waals surface area contributed by atoms with Crippen molar-refractivity contribution in [1.82, 2.24) is 9.88 Å². The lowest BCUT2D eigenvalue weighted by molar-refractivity contribution is 0.0691. The molecule has 1 aromatic carbocycles. The number of hydrogen-bond acceptors (Lipinski definition) is 4. The lowest BCUT2D eigenvalue weighted by Crippen LogP contribution is -2.30. The van der Waals surface area contributed by atoms with Gasteiger partial charge >= 0.3 is 5.97 Å². The number of nitrogens with zero attached hydrogens (tertiary/aromatic N) is 2. The third-order valence-electron chi connectivity index (χ3n) is 3.42. The van der Waals surface area contributed by atoms with Gasteiger partial charge in [-0.2, -0.15) is 0 Å². The fourth-order valence-corrected chi connectivity index (χ4v) is 3.53. The highest BCUT2D eigenvalue weighted by Gasteiger charge is 2.19. The van der Waals surface area contributed by atoms with Gasteiger partial charge in [0.05, 0.1) is 6.54 Å². The molecule has 0 fully saturated rings. The Hall–Kier alpha value is -1.43. The number of rotatable bonds is 3. The molecule has 2 heterocycles. The first-order valence-corrected chi connectivity index (χ1v) is 7.55. The van der Waals surface area contributed by atoms with Gasteiger partial charge in [0.25, 0.3) is 0 Å². The molecule has 20 heavy (non-hydrogen) atoms. The number of carboxylic acid groups (broad SMARTS) is 1. The molecule has 1 aromatic heterocycles. The molecule has 3 rings (SSSR count). The zero-order valence-electron chi connectivity index (χ0n) is 10.7. The second kappa shape index (κ2) is 5.52. The van der Waals surface area contributed by atoms with Gasteiger partial charge in [-0.1, -0.05) is 23.7 Å². The van der Waals surface area contributed by atoms with Crippen LogP contribution in [-0.2, 0) is 19.5 Å². The molecule has 0 aliphatic carbocycles. The van der Waals surface area contributed by atoms with Gasteiger partial charge in [-0.05, 0) is 23.6 Å². The quantitative estimate of drug-likeness (QED) is 0.947. The zero-order valence-corrected chi connectivity index (χ0v) is 12.2. The lowest BCUT2D eigenvalue weighted by atomic mass is 10.00. The van der Waals surface area contributed by atoms with Gasteiger partial charge < -0.3 is 5.11 Å².